The summed E-state index contributed by atoms with van der Waals surface area (Å²) in [6, 6.07) is 2.99. The molecule has 0 unspecified atom stereocenters. The van der Waals surface area contributed by atoms with Crippen LogP contribution < -0.4 is 13.7 Å². The maximum absolute atomic E-state index is 12.6. The van der Waals surface area contributed by atoms with E-state index in [1.165, 1.54) is 26.4 Å². The molecule has 0 radical (unpaired) electrons. The highest BCUT2D eigenvalue weighted by molar-refractivity contribution is 8.10. The lowest BCUT2D eigenvalue weighted by Gasteiger charge is -2.24. The third kappa shape index (κ3) is 8.06. The summed E-state index contributed by atoms with van der Waals surface area (Å²) in [5.74, 6) is 0.827. The molecule has 1 saturated heterocycles. The minimum atomic E-state index is -6.37. The average Bonchev–Trinajstić information content (AvgIpc) is 3.23. The first-order valence-electron chi connectivity index (χ1n) is 9.49. The van der Waals surface area contributed by atoms with Gasteiger partial charge in [0.1, 0.15) is 24.7 Å². The first-order chi connectivity index (χ1) is 15.4. The molecule has 1 fully saturated rings. The third-order valence-electron chi connectivity index (χ3n) is 4.12. The predicted octanol–water partition coefficient (Wildman–Crippen LogP) is 2.35. The normalized spacial score (nSPS) is 15.5. The molecule has 0 bridgehead atoms. The number of halogens is 3. The van der Waals surface area contributed by atoms with Gasteiger partial charge in [0.2, 0.25) is 16.1 Å². The van der Waals surface area contributed by atoms with Crippen molar-refractivity contribution in [2.45, 2.75) is 23.2 Å². The van der Waals surface area contributed by atoms with Gasteiger partial charge in [-0.2, -0.15) is 13.2 Å². The Bertz CT molecular complexity index is 964. The Balaban J connectivity index is 2.48. The van der Waals surface area contributed by atoms with E-state index in [-0.39, 0.29) is 48.8 Å². The van der Waals surface area contributed by atoms with Gasteiger partial charge >= 0.3 is 5.51 Å². The van der Waals surface area contributed by atoms with Crippen LogP contribution in [-0.2, 0) is 40.7 Å². The van der Waals surface area contributed by atoms with Crippen molar-refractivity contribution in [1.29, 1.82) is 0 Å². The number of benzene rings is 1. The maximum atomic E-state index is 12.6. The van der Waals surface area contributed by atoms with Gasteiger partial charge in [0.05, 0.1) is 13.2 Å². The monoisotopic (exact) mass is 539 g/mol. The summed E-state index contributed by atoms with van der Waals surface area (Å²) in [4.78, 5) is 0.775. The molecule has 1 aliphatic heterocycles. The smallest absolute Gasteiger partial charge is 0.480 e. The van der Waals surface area contributed by atoms with Crippen LogP contribution in [0.4, 0.5) is 13.2 Å². The lowest BCUT2D eigenvalue weighted by atomic mass is 10.3. The first kappa shape index (κ1) is 27.8. The van der Waals surface area contributed by atoms with E-state index in [0.717, 1.165) is 29.2 Å². The molecular formula is C17H24F3NO9S3. The highest BCUT2D eigenvalue weighted by atomic mass is 32.3. The van der Waals surface area contributed by atoms with E-state index in [0.29, 0.717) is 0 Å². The molecule has 1 aliphatic rings. The molecule has 0 aliphatic carbocycles. The van der Waals surface area contributed by atoms with Crippen LogP contribution in [0.15, 0.2) is 17.0 Å². The molecule has 1 heterocycles. The summed E-state index contributed by atoms with van der Waals surface area (Å²) in [6.45, 7) is 0.100. The van der Waals surface area contributed by atoms with Gasteiger partial charge in [0.25, 0.3) is 0 Å². The summed E-state index contributed by atoms with van der Waals surface area (Å²) in [7, 11) is -9.36. The Morgan fingerprint density at radius 3 is 1.82 bits per heavy atom. The van der Waals surface area contributed by atoms with Crippen molar-refractivity contribution in [2.75, 3.05) is 52.2 Å². The summed E-state index contributed by atoms with van der Waals surface area (Å²) in [5, 5.41) is 0. The van der Waals surface area contributed by atoms with Crippen LogP contribution in [0.25, 0.3) is 4.13 Å². The standard InChI is InChI=1S/C17H24F3NO9S3/c1-26-5-7-28-14-11-13(31-9-3-4-10-31)12-15(29-8-6-27-2)16(14)30-33(24,25)21-32(22,23)17(18,19)20/h11-12H,3-10H2,1-2H3. The number of hydrogen-bond acceptors (Lipinski definition) is 9. The van der Waals surface area contributed by atoms with Crippen LogP contribution in [0.2, 0.25) is 0 Å². The SMILES string of the molecule is COCCOc1cc([S+]2CCCC2)cc(OCCOC)c1OS(=O)(=O)[N-]S(=O)(=O)C(F)(F)F. The second kappa shape index (κ2) is 11.8. The quantitative estimate of drug-likeness (QED) is 0.274. The van der Waals surface area contributed by atoms with Crippen molar-refractivity contribution in [3.05, 3.63) is 16.3 Å². The van der Waals surface area contributed by atoms with Crippen LogP contribution in [0.1, 0.15) is 12.8 Å². The largest absolute Gasteiger partial charge is 0.487 e. The number of ether oxygens (including phenoxy) is 4. The summed E-state index contributed by atoms with van der Waals surface area (Å²) < 4.78 is 112. The van der Waals surface area contributed by atoms with E-state index in [2.05, 4.69) is 4.18 Å². The average molecular weight is 540 g/mol. The zero-order valence-electron chi connectivity index (χ0n) is 17.8. The Morgan fingerprint density at radius 1 is 0.909 bits per heavy atom. The molecule has 1 aromatic rings. The van der Waals surface area contributed by atoms with Crippen molar-refractivity contribution >= 4 is 31.2 Å². The van der Waals surface area contributed by atoms with Gasteiger partial charge in [-0.1, -0.05) is 0 Å². The van der Waals surface area contributed by atoms with Crippen LogP contribution in [0.5, 0.6) is 17.2 Å². The predicted molar refractivity (Wildman–Crippen MR) is 114 cm³/mol. The van der Waals surface area contributed by atoms with Gasteiger partial charge in [-0.25, -0.2) is 16.8 Å². The molecule has 0 spiro atoms. The Labute approximate surface area is 193 Å². The topological polar surface area (TPSA) is 129 Å². The van der Waals surface area contributed by atoms with Crippen LogP contribution >= 0.6 is 0 Å². The molecule has 0 amide bonds. The zero-order valence-corrected chi connectivity index (χ0v) is 20.2. The Morgan fingerprint density at radius 2 is 1.39 bits per heavy atom. The molecule has 2 rings (SSSR count). The number of sulfonamides is 1. The Hall–Kier alpha value is -1.46. The second-order valence-corrected chi connectivity index (χ2v) is 11.9. The third-order valence-corrected chi connectivity index (χ3v) is 9.06. The molecule has 190 valence electrons. The molecule has 10 nitrogen and oxygen atoms in total. The van der Waals surface area contributed by atoms with E-state index in [4.69, 9.17) is 18.9 Å². The van der Waals surface area contributed by atoms with Crippen LogP contribution in [-0.4, -0.2) is 74.5 Å². The molecule has 0 N–H and O–H groups in total. The number of methoxy groups -OCH3 is 2. The van der Waals surface area contributed by atoms with E-state index >= 15 is 0 Å². The molecule has 16 heteroatoms. The molecule has 1 aromatic carbocycles. The summed E-state index contributed by atoms with van der Waals surface area (Å²) >= 11 is 0. The lowest BCUT2D eigenvalue weighted by Crippen LogP contribution is -2.26. The van der Waals surface area contributed by atoms with E-state index < -0.39 is 31.6 Å². The zero-order chi connectivity index (χ0) is 24.7. The minimum Gasteiger partial charge on any atom is -0.487 e. The fraction of sp³-hybridized carbons (Fsp3) is 0.647. The van der Waals surface area contributed by atoms with Crippen molar-refractivity contribution in [3.8, 4) is 17.2 Å². The number of rotatable bonds is 13. The summed E-state index contributed by atoms with van der Waals surface area (Å²) in [6.07, 6.45) is 2.01. The lowest BCUT2D eigenvalue weighted by molar-refractivity contribution is -0.0425. The van der Waals surface area contributed by atoms with Crippen molar-refractivity contribution < 1.29 is 53.1 Å². The van der Waals surface area contributed by atoms with Crippen molar-refractivity contribution in [2.24, 2.45) is 0 Å². The van der Waals surface area contributed by atoms with Gasteiger partial charge < -0.3 is 27.3 Å². The molecular weight excluding hydrogens is 515 g/mol. The van der Waals surface area contributed by atoms with Crippen molar-refractivity contribution in [3.63, 3.8) is 0 Å². The fourth-order valence-electron chi connectivity index (χ4n) is 2.66. The minimum absolute atomic E-state index is 0.0559. The molecule has 0 saturated carbocycles. The summed E-state index contributed by atoms with van der Waals surface area (Å²) in [5.41, 5.74) is -5.92. The van der Waals surface area contributed by atoms with Gasteiger partial charge in [-0.15, -0.1) is 0 Å². The van der Waals surface area contributed by atoms with Crippen LogP contribution in [0.3, 0.4) is 0 Å². The van der Waals surface area contributed by atoms with E-state index in [1.54, 1.807) is 0 Å². The van der Waals surface area contributed by atoms with Crippen LogP contribution in [0, 0.1) is 0 Å². The molecule has 0 atom stereocenters. The highest BCUT2D eigenvalue weighted by Gasteiger charge is 2.41. The van der Waals surface area contributed by atoms with Gasteiger partial charge in [0, 0.05) is 37.2 Å². The fourth-order valence-corrected chi connectivity index (χ4v) is 6.78. The maximum Gasteiger partial charge on any atom is 0.480 e. The number of nitrogens with zero attached hydrogens (tertiary/aromatic N) is 1. The van der Waals surface area contributed by atoms with Crippen molar-refractivity contribution in [1.82, 2.24) is 0 Å². The number of hydrogen-bond donors (Lipinski definition) is 0. The second-order valence-electron chi connectivity index (χ2n) is 6.55. The van der Waals surface area contributed by atoms with E-state index in [9.17, 15) is 30.0 Å². The molecule has 33 heavy (non-hydrogen) atoms. The van der Waals surface area contributed by atoms with Gasteiger partial charge in [-0.3, -0.25) is 0 Å². The molecule has 0 aromatic heterocycles. The first-order valence-corrected chi connectivity index (χ1v) is 13.9. The van der Waals surface area contributed by atoms with E-state index in [1.807, 2.05) is 4.13 Å². The Kier molecular flexibility index (Phi) is 9.93. The van der Waals surface area contributed by atoms with Gasteiger partial charge in [-0.05, 0) is 12.8 Å². The number of alkyl halides is 3. The highest BCUT2D eigenvalue weighted by Crippen LogP contribution is 2.43. The van der Waals surface area contributed by atoms with Gasteiger partial charge in [0.15, 0.2) is 26.4 Å².